The number of hydrogen-bond donors (Lipinski definition) is 16. The summed E-state index contributed by atoms with van der Waals surface area (Å²) in [5, 5.41) is 138. The van der Waals surface area contributed by atoms with Crippen molar-refractivity contribution in [1.29, 1.82) is 0 Å². The topological polar surface area (TPSA) is 470 Å². The second kappa shape index (κ2) is 22.0. The average molecular weight is 843 g/mol. The molecule has 3 atom stereocenters. The summed E-state index contributed by atoms with van der Waals surface area (Å²) in [6.07, 6.45) is -5.40. The molecule has 0 bridgehead atoms. The van der Waals surface area contributed by atoms with E-state index in [2.05, 4.69) is 75.8 Å². The molecule has 0 aliphatic rings. The molecule has 33 nitrogen and oxygen atoms in total. The van der Waals surface area contributed by atoms with E-state index in [0.29, 0.717) is 0 Å². The Morgan fingerprint density at radius 1 is 0.356 bits per heavy atom. The molecule has 4 heterocycles. The summed E-state index contributed by atoms with van der Waals surface area (Å²) in [5.74, 6) is -5.83. The molecular formula is C26H42N20O13. The predicted octanol–water partition coefficient (Wildman–Crippen LogP) is -9.00. The highest BCUT2D eigenvalue weighted by molar-refractivity contribution is 5.60. The Bertz CT molecular complexity index is 1910. The SMILES string of the molecule is Cc1nc(N(CO)CO)nc(N(CO)c2nc(N(CO)c3nc(C(O)NCO)nc(C(O)NCO)n3)nc(N(CO)c3nc(C(O)NCO)nc(N(CO)CO)n3)n2)n1. The van der Waals surface area contributed by atoms with Gasteiger partial charge in [-0.15, -0.1) is 0 Å². The van der Waals surface area contributed by atoms with Gasteiger partial charge in [-0.25, -0.2) is 4.98 Å². The second-order valence-electron chi connectivity index (χ2n) is 11.0. The zero-order valence-electron chi connectivity index (χ0n) is 30.7. The van der Waals surface area contributed by atoms with Crippen LogP contribution in [0.3, 0.4) is 0 Å². The monoisotopic (exact) mass is 842 g/mol. The standard InChI is InChI=1S/C26H42N20O13/c1-12-30-19(42(5-50)6-51)37-21(31-12)44(9-54)24-39-25(45(10-55)22-34-13(16(57)27-2-47)32-14(35-22)17(58)28-3-48)41-26(40-24)46(11-56)23-36-15(18(59)29-4-49)33-20(38-23)43(7-52)8-53/h16-18,27-29,47-59H,2-11H2,1H3. The Morgan fingerprint density at radius 3 is 0.949 bits per heavy atom. The van der Waals surface area contributed by atoms with E-state index in [-0.39, 0.29) is 11.8 Å². The minimum Gasteiger partial charge on any atom is -0.381 e. The molecule has 59 heavy (non-hydrogen) atoms. The fraction of sp³-hybridized carbons (Fsp3) is 0.538. The van der Waals surface area contributed by atoms with Crippen LogP contribution in [0.1, 0.15) is 42.0 Å². The van der Waals surface area contributed by atoms with Crippen molar-refractivity contribution in [1.82, 2.24) is 75.8 Å². The molecule has 4 rings (SSSR count). The molecule has 0 aliphatic heterocycles. The van der Waals surface area contributed by atoms with Gasteiger partial charge < -0.3 is 66.4 Å². The summed E-state index contributed by atoms with van der Waals surface area (Å²) in [7, 11) is 0. The molecule has 3 unspecified atom stereocenters. The first kappa shape index (κ1) is 46.1. The van der Waals surface area contributed by atoms with Crippen LogP contribution in [0.15, 0.2) is 0 Å². The number of aryl methyl sites for hydroxylation is 1. The average Bonchev–Trinajstić information content (AvgIpc) is 3.22. The molecule has 0 radical (unpaired) electrons. The van der Waals surface area contributed by atoms with E-state index in [9.17, 15) is 66.4 Å². The van der Waals surface area contributed by atoms with Crippen molar-refractivity contribution in [2.24, 2.45) is 0 Å². The Balaban J connectivity index is 2.05. The lowest BCUT2D eigenvalue weighted by Gasteiger charge is -2.26. The van der Waals surface area contributed by atoms with Crippen LogP contribution >= 0.6 is 0 Å². The highest BCUT2D eigenvalue weighted by Crippen LogP contribution is 2.30. The van der Waals surface area contributed by atoms with Crippen LogP contribution in [0.2, 0.25) is 0 Å². The lowest BCUT2D eigenvalue weighted by atomic mass is 10.4. The lowest BCUT2D eigenvalue weighted by molar-refractivity contribution is 0.0808. The molecule has 0 saturated heterocycles. The number of aliphatic hydroxyl groups is 13. The number of hydrogen-bond acceptors (Lipinski definition) is 33. The molecule has 4 aromatic heterocycles. The zero-order valence-corrected chi connectivity index (χ0v) is 30.7. The Hall–Kier alpha value is -5.60. The summed E-state index contributed by atoms with van der Waals surface area (Å²) in [5.41, 5.74) is 0. The van der Waals surface area contributed by atoms with Gasteiger partial charge in [0, 0.05) is 0 Å². The van der Waals surface area contributed by atoms with Crippen molar-refractivity contribution >= 4 is 47.6 Å². The van der Waals surface area contributed by atoms with Crippen molar-refractivity contribution in [2.45, 2.75) is 25.6 Å². The molecule has 0 fully saturated rings. The first-order valence-electron chi connectivity index (χ1n) is 16.6. The van der Waals surface area contributed by atoms with Crippen LogP contribution < -0.4 is 40.4 Å². The van der Waals surface area contributed by atoms with Crippen molar-refractivity contribution < 1.29 is 66.4 Å². The van der Waals surface area contributed by atoms with Gasteiger partial charge in [0.05, 0.1) is 20.2 Å². The van der Waals surface area contributed by atoms with Crippen LogP contribution in [-0.4, -0.2) is 194 Å². The summed E-state index contributed by atoms with van der Waals surface area (Å²) < 4.78 is 0. The van der Waals surface area contributed by atoms with Gasteiger partial charge in [-0.2, -0.15) is 54.8 Å². The van der Waals surface area contributed by atoms with Gasteiger partial charge in [-0.3, -0.25) is 40.4 Å². The molecule has 0 spiro atoms. The van der Waals surface area contributed by atoms with E-state index in [4.69, 9.17) is 0 Å². The number of nitrogens with one attached hydrogen (secondary N) is 3. The van der Waals surface area contributed by atoms with E-state index < -0.39 is 145 Å². The van der Waals surface area contributed by atoms with Gasteiger partial charge in [-0.05, 0) is 6.92 Å². The lowest BCUT2D eigenvalue weighted by Crippen LogP contribution is -2.34. The molecule has 33 heteroatoms. The van der Waals surface area contributed by atoms with Crippen molar-refractivity contribution in [3.05, 3.63) is 23.3 Å². The maximum absolute atomic E-state index is 10.7. The summed E-state index contributed by atoms with van der Waals surface area (Å²) >= 11 is 0. The number of anilines is 8. The van der Waals surface area contributed by atoms with Crippen LogP contribution in [0.5, 0.6) is 0 Å². The first-order chi connectivity index (χ1) is 28.4. The fourth-order valence-electron chi connectivity index (χ4n) is 4.46. The predicted molar refractivity (Wildman–Crippen MR) is 191 cm³/mol. The smallest absolute Gasteiger partial charge is 0.240 e. The Morgan fingerprint density at radius 2 is 0.610 bits per heavy atom. The minimum atomic E-state index is -1.80. The van der Waals surface area contributed by atoms with Gasteiger partial charge >= 0.3 is 0 Å². The third kappa shape index (κ3) is 11.1. The molecule has 0 saturated carbocycles. The second-order valence-corrected chi connectivity index (χ2v) is 11.0. The number of aromatic nitrogens is 12. The van der Waals surface area contributed by atoms with Gasteiger partial charge in [0.2, 0.25) is 47.6 Å². The van der Waals surface area contributed by atoms with Crippen molar-refractivity contribution in [3.63, 3.8) is 0 Å². The van der Waals surface area contributed by atoms with E-state index in [1.54, 1.807) is 0 Å². The summed E-state index contributed by atoms with van der Waals surface area (Å²) in [6.45, 7) is -7.39. The van der Waals surface area contributed by atoms with Crippen molar-refractivity contribution in [3.8, 4) is 0 Å². The van der Waals surface area contributed by atoms with E-state index in [1.807, 2.05) is 0 Å². The molecule has 324 valence electrons. The van der Waals surface area contributed by atoms with E-state index in [1.165, 1.54) is 6.92 Å². The third-order valence-corrected chi connectivity index (χ3v) is 7.32. The highest BCUT2D eigenvalue weighted by Gasteiger charge is 2.29. The fourth-order valence-corrected chi connectivity index (χ4v) is 4.46. The first-order valence-corrected chi connectivity index (χ1v) is 16.6. The van der Waals surface area contributed by atoms with Crippen LogP contribution in [0, 0.1) is 6.92 Å². The van der Waals surface area contributed by atoms with Crippen molar-refractivity contribution in [2.75, 3.05) is 91.8 Å². The Labute approximate surface area is 330 Å². The summed E-state index contributed by atoms with van der Waals surface area (Å²) in [6, 6.07) is 0. The Kier molecular flexibility index (Phi) is 17.2. The van der Waals surface area contributed by atoms with E-state index >= 15 is 0 Å². The normalized spacial score (nSPS) is 12.9. The number of rotatable bonds is 24. The zero-order chi connectivity index (χ0) is 43.2. The maximum atomic E-state index is 10.7. The maximum Gasteiger partial charge on any atom is 0.240 e. The third-order valence-electron chi connectivity index (χ3n) is 7.32. The quantitative estimate of drug-likeness (QED) is 0.0291. The molecule has 0 amide bonds. The van der Waals surface area contributed by atoms with E-state index in [0.717, 1.165) is 24.5 Å². The highest BCUT2D eigenvalue weighted by atomic mass is 16.3. The van der Waals surface area contributed by atoms with Gasteiger partial charge in [0.15, 0.2) is 36.2 Å². The molecule has 4 aromatic rings. The summed E-state index contributed by atoms with van der Waals surface area (Å²) in [4.78, 5) is 53.5. The molecule has 0 aromatic carbocycles. The van der Waals surface area contributed by atoms with Gasteiger partial charge in [0.1, 0.15) is 52.9 Å². The molecule has 16 N–H and O–H groups in total. The largest absolute Gasteiger partial charge is 0.381 e. The van der Waals surface area contributed by atoms with Crippen LogP contribution in [0.4, 0.5) is 47.6 Å². The number of nitrogens with zero attached hydrogens (tertiary/aromatic N) is 17. The van der Waals surface area contributed by atoms with Gasteiger partial charge in [0.25, 0.3) is 0 Å². The molecular weight excluding hydrogens is 800 g/mol. The van der Waals surface area contributed by atoms with Gasteiger partial charge in [-0.1, -0.05) is 0 Å². The number of aliphatic hydroxyl groups excluding tert-OH is 13. The molecule has 0 aliphatic carbocycles. The minimum absolute atomic E-state index is 0.00627. The van der Waals surface area contributed by atoms with Crippen LogP contribution in [0.25, 0.3) is 0 Å². The van der Waals surface area contributed by atoms with Crippen LogP contribution in [-0.2, 0) is 0 Å².